The van der Waals surface area contributed by atoms with E-state index < -0.39 is 0 Å². The van der Waals surface area contributed by atoms with E-state index in [1.807, 2.05) is 0 Å². The fraction of sp³-hybridized carbons (Fsp3) is 0.182. The van der Waals surface area contributed by atoms with Gasteiger partial charge in [0.1, 0.15) is 0 Å². The second kappa shape index (κ2) is 6.30. The molecule has 0 radical (unpaired) electrons. The summed E-state index contributed by atoms with van der Waals surface area (Å²) < 4.78 is 0. The summed E-state index contributed by atoms with van der Waals surface area (Å²) in [7, 11) is 2.78. The lowest BCUT2D eigenvalue weighted by molar-refractivity contribution is 1.30. The highest BCUT2D eigenvalue weighted by Crippen LogP contribution is 2.29. The average Bonchev–Trinajstić information content (AvgIpc) is 2.54. The lowest BCUT2D eigenvalue weighted by Crippen LogP contribution is -1.95. The minimum absolute atomic E-state index is 1.26. The van der Waals surface area contributed by atoms with Gasteiger partial charge in [0, 0.05) is 0 Å². The molecule has 0 aliphatic carbocycles. The van der Waals surface area contributed by atoms with Crippen molar-refractivity contribution in [1.29, 1.82) is 0 Å². The monoisotopic (exact) mass is 318 g/mol. The molecule has 0 aromatic heterocycles. The molecule has 0 aliphatic rings. The van der Waals surface area contributed by atoms with Crippen LogP contribution in [-0.2, 0) is 0 Å². The maximum atomic E-state index is 2.78. The summed E-state index contributed by atoms with van der Waals surface area (Å²) in [5, 5.41) is 1.26. The predicted octanol–water partition coefficient (Wildman–Crippen LogP) is 5.75. The van der Waals surface area contributed by atoms with Gasteiger partial charge in [-0.15, -0.1) is 9.24 Å². The van der Waals surface area contributed by atoms with Gasteiger partial charge in [0.05, 0.1) is 0 Å². The van der Waals surface area contributed by atoms with Crippen LogP contribution in [0.2, 0.25) is 0 Å². The molecule has 0 saturated carbocycles. The first-order chi connectivity index (χ1) is 11.0. The minimum Gasteiger partial charge on any atom is -0.105 e. The molecule has 1 heteroatoms. The summed E-state index contributed by atoms with van der Waals surface area (Å²) in [6, 6.07) is 20.1. The lowest BCUT2D eigenvalue weighted by atomic mass is 9.94. The molecular weight excluding hydrogens is 295 g/mol. The topological polar surface area (TPSA) is 0 Å². The predicted molar refractivity (Wildman–Crippen MR) is 106 cm³/mol. The van der Waals surface area contributed by atoms with Gasteiger partial charge in [-0.1, -0.05) is 54.6 Å². The van der Waals surface area contributed by atoms with E-state index in [2.05, 4.69) is 91.5 Å². The first-order valence-corrected chi connectivity index (χ1v) is 8.58. The molecule has 0 aliphatic heterocycles. The highest BCUT2D eigenvalue weighted by Gasteiger charge is 2.06. The van der Waals surface area contributed by atoms with Gasteiger partial charge < -0.3 is 0 Å². The van der Waals surface area contributed by atoms with Crippen molar-refractivity contribution in [2.75, 3.05) is 0 Å². The highest BCUT2D eigenvalue weighted by atomic mass is 31.0. The molecular formula is C22H23P. The Morgan fingerprint density at radius 2 is 1.09 bits per heavy atom. The van der Waals surface area contributed by atoms with Crippen LogP contribution in [-0.4, -0.2) is 0 Å². The van der Waals surface area contributed by atoms with Crippen molar-refractivity contribution in [3.8, 4) is 22.3 Å². The number of aryl methyl sites for hydroxylation is 4. The number of hydrogen-bond donors (Lipinski definition) is 0. The first kappa shape index (κ1) is 16.0. The molecule has 0 nitrogen and oxygen atoms in total. The molecule has 0 saturated heterocycles. The third-order valence-corrected chi connectivity index (χ3v) is 5.29. The summed E-state index contributed by atoms with van der Waals surface area (Å²) in [4.78, 5) is 0. The van der Waals surface area contributed by atoms with Gasteiger partial charge in [0.15, 0.2) is 0 Å². The Balaban J connectivity index is 1.99. The van der Waals surface area contributed by atoms with E-state index in [1.165, 1.54) is 49.8 Å². The Bertz CT molecular complexity index is 858. The second-order valence-corrected chi connectivity index (χ2v) is 7.02. The van der Waals surface area contributed by atoms with E-state index in [1.54, 1.807) is 0 Å². The Morgan fingerprint density at radius 1 is 0.522 bits per heavy atom. The van der Waals surface area contributed by atoms with E-state index in [-0.39, 0.29) is 0 Å². The average molecular weight is 318 g/mol. The second-order valence-electron chi connectivity index (χ2n) is 6.40. The Morgan fingerprint density at radius 3 is 1.74 bits per heavy atom. The van der Waals surface area contributed by atoms with Crippen molar-refractivity contribution < 1.29 is 0 Å². The van der Waals surface area contributed by atoms with E-state index in [9.17, 15) is 0 Å². The Kier molecular flexibility index (Phi) is 4.37. The summed E-state index contributed by atoms with van der Waals surface area (Å²) >= 11 is 0. The third kappa shape index (κ3) is 3.23. The molecule has 3 aromatic carbocycles. The van der Waals surface area contributed by atoms with Gasteiger partial charge in [-0.3, -0.25) is 0 Å². The van der Waals surface area contributed by atoms with Crippen LogP contribution >= 0.6 is 9.24 Å². The van der Waals surface area contributed by atoms with Gasteiger partial charge in [0.25, 0.3) is 0 Å². The Hall–Kier alpha value is -1.91. The molecule has 0 bridgehead atoms. The van der Waals surface area contributed by atoms with Crippen molar-refractivity contribution in [3.63, 3.8) is 0 Å². The molecule has 23 heavy (non-hydrogen) atoms. The van der Waals surface area contributed by atoms with Gasteiger partial charge in [-0.05, 0) is 77.5 Å². The molecule has 0 fully saturated rings. The summed E-state index contributed by atoms with van der Waals surface area (Å²) in [6.45, 7) is 8.70. The van der Waals surface area contributed by atoms with Crippen LogP contribution in [0.4, 0.5) is 0 Å². The number of hydrogen-bond acceptors (Lipinski definition) is 0. The molecule has 0 amide bonds. The molecule has 3 aromatic rings. The van der Waals surface area contributed by atoms with Gasteiger partial charge in [-0.2, -0.15) is 0 Å². The first-order valence-electron chi connectivity index (χ1n) is 8.00. The van der Waals surface area contributed by atoms with Crippen molar-refractivity contribution in [2.24, 2.45) is 0 Å². The zero-order valence-corrected chi connectivity index (χ0v) is 15.4. The largest absolute Gasteiger partial charge is 0.105 e. The molecule has 3 rings (SSSR count). The smallest absolute Gasteiger partial charge is 0.0152 e. The van der Waals surface area contributed by atoms with Crippen LogP contribution in [0, 0.1) is 27.7 Å². The van der Waals surface area contributed by atoms with Crippen molar-refractivity contribution in [2.45, 2.75) is 27.7 Å². The zero-order chi connectivity index (χ0) is 16.6. The van der Waals surface area contributed by atoms with Crippen LogP contribution < -0.4 is 5.30 Å². The highest BCUT2D eigenvalue weighted by molar-refractivity contribution is 7.27. The molecule has 0 N–H and O–H groups in total. The fourth-order valence-corrected chi connectivity index (χ4v) is 3.15. The van der Waals surface area contributed by atoms with Gasteiger partial charge in [0.2, 0.25) is 0 Å². The minimum atomic E-state index is 1.26. The zero-order valence-electron chi connectivity index (χ0n) is 14.3. The maximum absolute atomic E-state index is 2.78. The van der Waals surface area contributed by atoms with Gasteiger partial charge in [-0.25, -0.2) is 0 Å². The lowest BCUT2D eigenvalue weighted by Gasteiger charge is -2.11. The van der Waals surface area contributed by atoms with Crippen LogP contribution in [0.15, 0.2) is 54.6 Å². The third-order valence-electron chi connectivity index (χ3n) is 4.64. The van der Waals surface area contributed by atoms with E-state index in [0.29, 0.717) is 0 Å². The maximum Gasteiger partial charge on any atom is -0.0152 e. The SMILES string of the molecule is Cc1cc(C)c(-c2ccc(-c3ccc(P)c(C)c3)cc2)cc1C. The summed E-state index contributed by atoms with van der Waals surface area (Å²) in [5.74, 6) is 0. The molecule has 0 heterocycles. The quantitative estimate of drug-likeness (QED) is 0.527. The van der Waals surface area contributed by atoms with Crippen LogP contribution in [0.1, 0.15) is 22.3 Å². The summed E-state index contributed by atoms with van der Waals surface area (Å²) in [6.07, 6.45) is 0. The standard InChI is InChI=1S/C22H23P/c1-14-11-16(3)21(13-15(14)2)19-7-5-18(6-8-19)20-9-10-22(23)17(4)12-20/h5-13H,23H2,1-4H3. The fourth-order valence-electron chi connectivity index (χ4n) is 2.97. The van der Waals surface area contributed by atoms with Crippen molar-refractivity contribution in [3.05, 3.63) is 76.9 Å². The van der Waals surface area contributed by atoms with Gasteiger partial charge >= 0.3 is 0 Å². The van der Waals surface area contributed by atoms with Crippen molar-refractivity contribution >= 4 is 14.5 Å². The van der Waals surface area contributed by atoms with Crippen molar-refractivity contribution in [1.82, 2.24) is 0 Å². The van der Waals surface area contributed by atoms with E-state index in [0.717, 1.165) is 0 Å². The molecule has 1 unspecified atom stereocenters. The Labute approximate surface area is 141 Å². The van der Waals surface area contributed by atoms with E-state index in [4.69, 9.17) is 0 Å². The normalized spacial score (nSPS) is 10.8. The molecule has 0 spiro atoms. The van der Waals surface area contributed by atoms with Crippen LogP contribution in [0.3, 0.4) is 0 Å². The number of benzene rings is 3. The summed E-state index contributed by atoms with van der Waals surface area (Å²) in [5.41, 5.74) is 10.5. The molecule has 1 atom stereocenters. The van der Waals surface area contributed by atoms with Crippen LogP contribution in [0.25, 0.3) is 22.3 Å². The number of rotatable bonds is 2. The molecule has 116 valence electrons. The van der Waals surface area contributed by atoms with E-state index >= 15 is 0 Å². The van der Waals surface area contributed by atoms with Crippen LogP contribution in [0.5, 0.6) is 0 Å².